The van der Waals surface area contributed by atoms with Gasteiger partial charge >= 0.3 is 6.03 Å². The fraction of sp³-hybridized carbons (Fsp3) is 0.300. The van der Waals surface area contributed by atoms with Crippen LogP contribution in [0.3, 0.4) is 0 Å². The van der Waals surface area contributed by atoms with Crippen LogP contribution in [-0.4, -0.2) is 42.3 Å². The number of likely N-dealkylation sites (tertiary alicyclic amines) is 1. The van der Waals surface area contributed by atoms with Crippen LogP contribution >= 0.6 is 0 Å². The number of rotatable bonds is 5. The smallest absolute Gasteiger partial charge is 0.324 e. The van der Waals surface area contributed by atoms with Crippen LogP contribution in [0.2, 0.25) is 0 Å². The summed E-state index contributed by atoms with van der Waals surface area (Å²) in [6.45, 7) is 2.92. The van der Waals surface area contributed by atoms with E-state index in [4.69, 9.17) is 0 Å². The second-order valence-electron chi connectivity index (χ2n) is 9.83. The highest BCUT2D eigenvalue weighted by atomic mass is 19.1. The molecule has 3 amide bonds. The molecule has 0 unspecified atom stereocenters. The predicted molar refractivity (Wildman–Crippen MR) is 141 cm³/mol. The Morgan fingerprint density at radius 2 is 1.51 bits per heavy atom. The summed E-state index contributed by atoms with van der Waals surface area (Å²) in [5.41, 5.74) is 1.88. The molecular formula is C30H30FN3O3. The molecule has 6 nitrogen and oxygen atoms in total. The summed E-state index contributed by atoms with van der Waals surface area (Å²) in [5, 5.41) is 0. The first-order valence-electron chi connectivity index (χ1n) is 12.7. The molecule has 2 aliphatic heterocycles. The lowest BCUT2D eigenvalue weighted by molar-refractivity contribution is -0.134. The number of halogens is 1. The Labute approximate surface area is 216 Å². The Balaban J connectivity index is 1.35. The van der Waals surface area contributed by atoms with Gasteiger partial charge in [-0.05, 0) is 62.1 Å². The fourth-order valence-corrected chi connectivity index (χ4v) is 5.48. The highest BCUT2D eigenvalue weighted by Crippen LogP contribution is 2.40. The number of benzene rings is 3. The number of amides is 3. The number of Topliss-reactive ketones (excluding diaryl/α,β-unsaturated/α-hetero) is 1. The van der Waals surface area contributed by atoms with Crippen LogP contribution in [0.4, 0.5) is 26.2 Å². The van der Waals surface area contributed by atoms with Crippen molar-refractivity contribution in [1.29, 1.82) is 0 Å². The van der Waals surface area contributed by atoms with E-state index < -0.39 is 11.2 Å². The highest BCUT2D eigenvalue weighted by molar-refractivity contribution is 6.03. The maximum absolute atomic E-state index is 14.8. The molecule has 3 aromatic carbocycles. The van der Waals surface area contributed by atoms with Gasteiger partial charge in [0, 0.05) is 42.8 Å². The van der Waals surface area contributed by atoms with Gasteiger partial charge in [-0.3, -0.25) is 19.4 Å². The van der Waals surface area contributed by atoms with E-state index in [2.05, 4.69) is 0 Å². The first-order valence-corrected chi connectivity index (χ1v) is 12.7. The number of piperidine rings is 1. The molecule has 0 aromatic heterocycles. The van der Waals surface area contributed by atoms with Gasteiger partial charge in [0.2, 0.25) is 5.91 Å². The van der Waals surface area contributed by atoms with Crippen molar-refractivity contribution in [2.24, 2.45) is 5.41 Å². The van der Waals surface area contributed by atoms with Gasteiger partial charge in [0.05, 0.1) is 5.69 Å². The number of fused-ring (bicyclic) bond motifs is 1. The van der Waals surface area contributed by atoms with E-state index in [1.807, 2.05) is 30.3 Å². The topological polar surface area (TPSA) is 60.9 Å². The average molecular weight is 500 g/mol. The minimum atomic E-state index is -0.908. The van der Waals surface area contributed by atoms with Gasteiger partial charge in [0.1, 0.15) is 11.6 Å². The number of carbonyl (C=O) groups is 3. The van der Waals surface area contributed by atoms with Crippen molar-refractivity contribution < 1.29 is 18.8 Å². The van der Waals surface area contributed by atoms with Gasteiger partial charge < -0.3 is 4.90 Å². The van der Waals surface area contributed by atoms with Crippen LogP contribution in [0, 0.1) is 11.2 Å². The third-order valence-corrected chi connectivity index (χ3v) is 7.70. The Morgan fingerprint density at radius 1 is 0.865 bits per heavy atom. The van der Waals surface area contributed by atoms with Crippen LogP contribution < -0.4 is 9.80 Å². The second kappa shape index (κ2) is 10.2. The summed E-state index contributed by atoms with van der Waals surface area (Å²) in [4.78, 5) is 45.0. The van der Waals surface area contributed by atoms with E-state index in [-0.39, 0.29) is 29.8 Å². The molecule has 37 heavy (non-hydrogen) atoms. The summed E-state index contributed by atoms with van der Waals surface area (Å²) >= 11 is 0. The number of anilines is 3. The molecular weight excluding hydrogens is 469 g/mol. The molecule has 0 bridgehead atoms. The first-order chi connectivity index (χ1) is 17.9. The summed E-state index contributed by atoms with van der Waals surface area (Å²) in [6.07, 6.45) is 1.54. The number of ketones is 1. The molecule has 0 aliphatic carbocycles. The van der Waals surface area contributed by atoms with Crippen LogP contribution in [0.5, 0.6) is 0 Å². The van der Waals surface area contributed by atoms with E-state index >= 15 is 0 Å². The second-order valence-corrected chi connectivity index (χ2v) is 9.83. The first kappa shape index (κ1) is 24.7. The molecule has 0 spiro atoms. The molecule has 0 N–H and O–H groups in total. The molecule has 3 aromatic rings. The van der Waals surface area contributed by atoms with Crippen molar-refractivity contribution in [3.63, 3.8) is 0 Å². The SMILES string of the molecule is CC(=O)C1(CC(=O)N(c2ccccc2)c2ccccc2F)CCN(C(=O)N2CCc3ccccc32)CC1. The Hall–Kier alpha value is -4.00. The molecule has 1 fully saturated rings. The summed E-state index contributed by atoms with van der Waals surface area (Å²) < 4.78 is 14.8. The minimum Gasteiger partial charge on any atom is -0.324 e. The normalized spacial score (nSPS) is 16.3. The van der Waals surface area contributed by atoms with Crippen molar-refractivity contribution in [3.05, 3.63) is 90.2 Å². The third-order valence-electron chi connectivity index (χ3n) is 7.70. The summed E-state index contributed by atoms with van der Waals surface area (Å²) in [6, 6.07) is 22.9. The minimum absolute atomic E-state index is 0.0554. The molecule has 190 valence electrons. The third kappa shape index (κ3) is 4.73. The lowest BCUT2D eigenvalue weighted by Crippen LogP contribution is -2.51. The number of carbonyl (C=O) groups excluding carboxylic acids is 3. The van der Waals surface area contributed by atoms with Gasteiger partial charge in [-0.2, -0.15) is 0 Å². The van der Waals surface area contributed by atoms with Gasteiger partial charge in [0.25, 0.3) is 0 Å². The highest BCUT2D eigenvalue weighted by Gasteiger charge is 2.44. The largest absolute Gasteiger partial charge is 0.324 e. The van der Waals surface area contributed by atoms with Crippen LogP contribution in [0.15, 0.2) is 78.9 Å². The standard InChI is InChI=1S/C30H30FN3O3/c1-22(35)30(16-19-32(20-17-30)29(37)33-18-15-23-9-5-7-13-26(23)33)21-28(36)34(24-10-3-2-4-11-24)27-14-8-6-12-25(27)31/h2-14H,15-21H2,1H3. The summed E-state index contributed by atoms with van der Waals surface area (Å²) in [5.74, 6) is -0.941. The Morgan fingerprint density at radius 3 is 2.22 bits per heavy atom. The number of nitrogens with zero attached hydrogens (tertiary/aromatic N) is 3. The monoisotopic (exact) mass is 499 g/mol. The zero-order chi connectivity index (χ0) is 26.0. The number of urea groups is 1. The Bertz CT molecular complexity index is 1320. The zero-order valence-electron chi connectivity index (χ0n) is 20.9. The molecule has 5 rings (SSSR count). The molecule has 0 saturated carbocycles. The number of hydrogen-bond donors (Lipinski definition) is 0. The van der Waals surface area contributed by atoms with Crippen molar-refractivity contribution in [3.8, 4) is 0 Å². The molecule has 7 heteroatoms. The maximum Gasteiger partial charge on any atom is 0.324 e. The van der Waals surface area contributed by atoms with Gasteiger partial charge in [-0.15, -0.1) is 0 Å². The molecule has 0 radical (unpaired) electrons. The number of hydrogen-bond acceptors (Lipinski definition) is 3. The van der Waals surface area contributed by atoms with Crippen molar-refractivity contribution in [2.45, 2.75) is 32.6 Å². The van der Waals surface area contributed by atoms with E-state index in [1.54, 1.807) is 52.3 Å². The lowest BCUT2D eigenvalue weighted by Gasteiger charge is -2.41. The average Bonchev–Trinajstić information content (AvgIpc) is 3.35. The molecule has 2 heterocycles. The van der Waals surface area contributed by atoms with E-state index in [1.165, 1.54) is 17.9 Å². The van der Waals surface area contributed by atoms with E-state index in [9.17, 15) is 18.8 Å². The number of para-hydroxylation sites is 3. The van der Waals surface area contributed by atoms with E-state index in [0.29, 0.717) is 38.2 Å². The predicted octanol–water partition coefficient (Wildman–Crippen LogP) is 5.73. The van der Waals surface area contributed by atoms with Crippen molar-refractivity contribution >= 4 is 34.8 Å². The van der Waals surface area contributed by atoms with Gasteiger partial charge in [-0.1, -0.05) is 48.5 Å². The molecule has 0 atom stereocenters. The van der Waals surface area contributed by atoms with Gasteiger partial charge in [0.15, 0.2) is 0 Å². The van der Waals surface area contributed by atoms with Crippen LogP contribution in [-0.2, 0) is 16.0 Å². The lowest BCUT2D eigenvalue weighted by atomic mass is 9.72. The summed E-state index contributed by atoms with van der Waals surface area (Å²) in [7, 11) is 0. The maximum atomic E-state index is 14.8. The molecule has 1 saturated heterocycles. The quantitative estimate of drug-likeness (QED) is 0.450. The van der Waals surface area contributed by atoms with Crippen LogP contribution in [0.25, 0.3) is 0 Å². The Kier molecular flexibility index (Phi) is 6.78. The fourth-order valence-electron chi connectivity index (χ4n) is 5.48. The zero-order valence-corrected chi connectivity index (χ0v) is 20.9. The van der Waals surface area contributed by atoms with Crippen LogP contribution in [0.1, 0.15) is 31.7 Å². The molecule has 2 aliphatic rings. The van der Waals surface area contributed by atoms with Gasteiger partial charge in [-0.25, -0.2) is 9.18 Å². The van der Waals surface area contributed by atoms with E-state index in [0.717, 1.165) is 17.7 Å². The van der Waals surface area contributed by atoms with Crippen molar-refractivity contribution in [2.75, 3.05) is 29.4 Å². The van der Waals surface area contributed by atoms with Crippen molar-refractivity contribution in [1.82, 2.24) is 4.90 Å².